The molecule has 0 nitrogen and oxygen atoms in total. The highest BCUT2D eigenvalue weighted by molar-refractivity contribution is 7.99. The molecule has 0 saturated heterocycles. The van der Waals surface area contributed by atoms with Gasteiger partial charge in [0.25, 0.3) is 0 Å². The zero-order valence-corrected chi connectivity index (χ0v) is 30.6. The average Bonchev–Trinajstić information content (AvgIpc) is 3.50. The highest BCUT2D eigenvalue weighted by Gasteiger charge is 2.58. The van der Waals surface area contributed by atoms with Crippen LogP contribution in [0.4, 0.5) is 0 Å². The van der Waals surface area contributed by atoms with Crippen LogP contribution in [0.3, 0.4) is 0 Å². The Morgan fingerprint density at radius 3 is 1.84 bits per heavy atom. The van der Waals surface area contributed by atoms with E-state index in [1.54, 1.807) is 11.1 Å². The zero-order valence-electron chi connectivity index (χ0n) is 29.8. The summed E-state index contributed by atoms with van der Waals surface area (Å²) in [5.74, 6) is 7.41. The molecule has 5 aromatic rings. The lowest BCUT2D eigenvalue weighted by Gasteiger charge is -2.55. The van der Waals surface area contributed by atoms with Gasteiger partial charge in [0.1, 0.15) is 0 Å². The van der Waals surface area contributed by atoms with Crippen molar-refractivity contribution < 1.29 is 0 Å². The molecule has 0 spiro atoms. The van der Waals surface area contributed by atoms with E-state index in [2.05, 4.69) is 116 Å². The summed E-state index contributed by atoms with van der Waals surface area (Å²) in [7, 11) is 0. The van der Waals surface area contributed by atoms with Crippen LogP contribution in [0.2, 0.25) is 0 Å². The van der Waals surface area contributed by atoms with Gasteiger partial charge in [-0.3, -0.25) is 0 Å². The summed E-state index contributed by atoms with van der Waals surface area (Å²) in [4.78, 5) is 2.76. The van der Waals surface area contributed by atoms with Gasteiger partial charge in [-0.2, -0.15) is 0 Å². The van der Waals surface area contributed by atoms with E-state index in [1.807, 2.05) is 11.8 Å². The Hall–Kier alpha value is -3.29. The summed E-state index contributed by atoms with van der Waals surface area (Å²) < 4.78 is 0. The summed E-state index contributed by atoms with van der Waals surface area (Å²) in [5, 5.41) is 2.82. The molecular formula is C49H52S. The van der Waals surface area contributed by atoms with E-state index >= 15 is 0 Å². The Labute approximate surface area is 304 Å². The molecule has 4 aliphatic carbocycles. The van der Waals surface area contributed by atoms with Crippen molar-refractivity contribution in [1.29, 1.82) is 0 Å². The first-order valence-electron chi connectivity index (χ1n) is 20.2. The van der Waals surface area contributed by atoms with Crippen LogP contribution in [0.25, 0.3) is 33.0 Å². The van der Waals surface area contributed by atoms with E-state index in [0.29, 0.717) is 5.92 Å². The third kappa shape index (κ3) is 5.24. The third-order valence-electron chi connectivity index (χ3n) is 14.5. The van der Waals surface area contributed by atoms with Gasteiger partial charge < -0.3 is 0 Å². The molecule has 5 aliphatic rings. The van der Waals surface area contributed by atoms with Crippen molar-refractivity contribution >= 4 is 22.5 Å². The molecule has 5 aromatic carbocycles. The molecule has 4 saturated carbocycles. The lowest BCUT2D eigenvalue weighted by molar-refractivity contribution is 0.0108. The van der Waals surface area contributed by atoms with Gasteiger partial charge in [0.15, 0.2) is 0 Å². The Morgan fingerprint density at radius 2 is 1.12 bits per heavy atom. The van der Waals surface area contributed by atoms with Gasteiger partial charge in [0.05, 0.1) is 0 Å². The lowest BCUT2D eigenvalue weighted by atomic mass is 9.49. The molecule has 1 heterocycles. The van der Waals surface area contributed by atoms with Gasteiger partial charge in [-0.05, 0) is 123 Å². The molecule has 1 heteroatoms. The Balaban J connectivity index is 1.06. The van der Waals surface area contributed by atoms with Crippen LogP contribution >= 0.6 is 11.8 Å². The largest absolute Gasteiger partial charge is 0.0888 e. The van der Waals surface area contributed by atoms with Crippen LogP contribution in [-0.4, -0.2) is 0 Å². The standard InChI is InChI=1S/C49H52S/c1-31-12-9-16-35-30-36(17-10-13-31)48-46(42-20-6-5-19-41(42)45(47(35)48)33-14-3-2-4-15-33)34-26-24-32(25-27-34)37-28-29-44-49-39(37)21-11-22-40(49)38-18-7-8-23-43(38)50-44/h2-4,7-8,11,14-15,18,21-29,31,35-36,41-42,45-48H,5-6,9-10,12-13,16-17,19-20,30H2,1H3. The maximum absolute atomic E-state index is 2.61. The molecule has 10 rings (SSSR count). The monoisotopic (exact) mass is 672 g/mol. The van der Waals surface area contributed by atoms with Gasteiger partial charge in [0.2, 0.25) is 0 Å². The minimum atomic E-state index is 0.705. The molecule has 0 aromatic heterocycles. The van der Waals surface area contributed by atoms with E-state index in [1.165, 1.54) is 113 Å². The van der Waals surface area contributed by atoms with Crippen LogP contribution in [0, 0.1) is 41.4 Å². The van der Waals surface area contributed by atoms with Crippen molar-refractivity contribution in [2.75, 3.05) is 0 Å². The zero-order chi connectivity index (χ0) is 33.2. The highest BCUT2D eigenvalue weighted by Crippen LogP contribution is 2.67. The molecule has 9 unspecified atom stereocenters. The summed E-state index contributed by atoms with van der Waals surface area (Å²) in [5.41, 5.74) is 8.84. The van der Waals surface area contributed by atoms with Crippen LogP contribution in [0.5, 0.6) is 0 Å². The Morgan fingerprint density at radius 1 is 0.480 bits per heavy atom. The molecule has 0 radical (unpaired) electrons. The van der Waals surface area contributed by atoms with Crippen molar-refractivity contribution in [3.63, 3.8) is 0 Å². The predicted octanol–water partition coefficient (Wildman–Crippen LogP) is 14.2. The SMILES string of the molecule is CC1CCCC2CC(CCC1)C1C(c3ccc(-c4ccc5c6c(cccc46)-c4ccccc4S5)cc3)C3CCCCC3C(c3ccccc3)C21. The average molecular weight is 673 g/mol. The van der Waals surface area contributed by atoms with Gasteiger partial charge in [-0.15, -0.1) is 0 Å². The van der Waals surface area contributed by atoms with Crippen LogP contribution < -0.4 is 0 Å². The van der Waals surface area contributed by atoms with E-state index in [9.17, 15) is 0 Å². The molecule has 0 N–H and O–H groups in total. The number of fused-ring (bicyclic) bond motifs is 8. The molecule has 4 fully saturated rings. The summed E-state index contributed by atoms with van der Waals surface area (Å²) in [6, 6.07) is 42.9. The minimum absolute atomic E-state index is 0.705. The third-order valence-corrected chi connectivity index (χ3v) is 15.6. The first-order chi connectivity index (χ1) is 24.7. The normalized spacial score (nSPS) is 31.7. The molecular weight excluding hydrogens is 621 g/mol. The second-order valence-corrected chi connectivity index (χ2v) is 18.1. The van der Waals surface area contributed by atoms with Crippen molar-refractivity contribution in [1.82, 2.24) is 0 Å². The Bertz CT molecular complexity index is 1990. The second-order valence-electron chi connectivity index (χ2n) is 17.0. The first-order valence-corrected chi connectivity index (χ1v) is 21.0. The molecule has 2 bridgehead atoms. The smallest absolute Gasteiger partial charge is 0.0207 e. The highest BCUT2D eigenvalue weighted by atomic mass is 32.2. The predicted molar refractivity (Wildman–Crippen MR) is 212 cm³/mol. The maximum atomic E-state index is 2.61. The Kier molecular flexibility index (Phi) is 8.20. The summed E-state index contributed by atoms with van der Waals surface area (Å²) in [6.07, 6.45) is 15.8. The summed E-state index contributed by atoms with van der Waals surface area (Å²) in [6.45, 7) is 2.53. The maximum Gasteiger partial charge on any atom is 0.0207 e. The number of rotatable bonds is 3. The molecule has 50 heavy (non-hydrogen) atoms. The molecule has 1 aliphatic heterocycles. The van der Waals surface area contributed by atoms with E-state index in [0.717, 1.165) is 47.3 Å². The fourth-order valence-electron chi connectivity index (χ4n) is 12.6. The minimum Gasteiger partial charge on any atom is -0.0888 e. The molecule has 0 amide bonds. The van der Waals surface area contributed by atoms with Gasteiger partial charge in [-0.25, -0.2) is 0 Å². The quantitative estimate of drug-likeness (QED) is 0.180. The fraction of sp³-hybridized carbons (Fsp3) is 0.429. The fourth-order valence-corrected chi connectivity index (χ4v) is 13.7. The van der Waals surface area contributed by atoms with Crippen LogP contribution in [0.15, 0.2) is 119 Å². The molecule has 254 valence electrons. The van der Waals surface area contributed by atoms with Crippen LogP contribution in [-0.2, 0) is 0 Å². The lowest BCUT2D eigenvalue weighted by Crippen LogP contribution is -2.46. The molecule has 9 atom stereocenters. The van der Waals surface area contributed by atoms with Gasteiger partial charge in [-0.1, -0.05) is 167 Å². The van der Waals surface area contributed by atoms with E-state index < -0.39 is 0 Å². The van der Waals surface area contributed by atoms with E-state index in [-0.39, 0.29) is 0 Å². The summed E-state index contributed by atoms with van der Waals surface area (Å²) >= 11 is 1.93. The van der Waals surface area contributed by atoms with Crippen molar-refractivity contribution in [3.8, 4) is 22.3 Å². The van der Waals surface area contributed by atoms with Gasteiger partial charge in [0, 0.05) is 15.2 Å². The number of hydrogen-bond donors (Lipinski definition) is 0. The van der Waals surface area contributed by atoms with Crippen molar-refractivity contribution in [2.24, 2.45) is 41.4 Å². The second kappa shape index (κ2) is 13.0. The number of benzene rings is 5. The van der Waals surface area contributed by atoms with Crippen molar-refractivity contribution in [3.05, 3.63) is 120 Å². The first kappa shape index (κ1) is 31.4. The topological polar surface area (TPSA) is 0 Å². The van der Waals surface area contributed by atoms with Crippen LogP contribution in [0.1, 0.15) is 101 Å². The van der Waals surface area contributed by atoms with Crippen molar-refractivity contribution in [2.45, 2.75) is 99.2 Å². The van der Waals surface area contributed by atoms with E-state index in [4.69, 9.17) is 0 Å². The van der Waals surface area contributed by atoms with Gasteiger partial charge >= 0.3 is 0 Å². The number of hydrogen-bond acceptors (Lipinski definition) is 1.